The van der Waals surface area contributed by atoms with E-state index in [-0.39, 0.29) is 0 Å². The maximum absolute atomic E-state index is 5.35. The summed E-state index contributed by atoms with van der Waals surface area (Å²) in [6.45, 7) is 14.6. The molecule has 1 aliphatic heterocycles. The van der Waals surface area contributed by atoms with Gasteiger partial charge in [-0.2, -0.15) is 0 Å². The summed E-state index contributed by atoms with van der Waals surface area (Å²) in [5.74, 6) is 0.797. The first kappa shape index (κ1) is 12.0. The largest absolute Gasteiger partial charge is 0.379 e. The minimum absolute atomic E-state index is 0.450. The van der Waals surface area contributed by atoms with E-state index in [1.54, 1.807) is 0 Å². The third-order valence-electron chi connectivity index (χ3n) is 2.72. The van der Waals surface area contributed by atoms with Crippen LogP contribution in [0.1, 0.15) is 34.1 Å². The summed E-state index contributed by atoms with van der Waals surface area (Å²) < 4.78 is 5.35. The molecule has 1 saturated heterocycles. The lowest BCUT2D eigenvalue weighted by Gasteiger charge is -2.35. The Hall–Kier alpha value is -0.0800. The summed E-state index contributed by atoms with van der Waals surface area (Å²) in [5, 5.41) is 0. The van der Waals surface area contributed by atoms with Crippen LogP contribution in [0.25, 0.3) is 0 Å². The second-order valence-electron chi connectivity index (χ2n) is 5.65. The van der Waals surface area contributed by atoms with Gasteiger partial charge in [0.25, 0.3) is 0 Å². The van der Waals surface area contributed by atoms with Gasteiger partial charge < -0.3 is 4.74 Å². The van der Waals surface area contributed by atoms with E-state index < -0.39 is 0 Å². The zero-order chi connectivity index (χ0) is 10.6. The Kier molecular flexibility index (Phi) is 4.39. The molecule has 2 heteroatoms. The summed E-state index contributed by atoms with van der Waals surface area (Å²) in [4.78, 5) is 2.53. The summed E-state index contributed by atoms with van der Waals surface area (Å²) in [7, 11) is 0. The van der Waals surface area contributed by atoms with Crippen molar-refractivity contribution in [1.29, 1.82) is 0 Å². The van der Waals surface area contributed by atoms with Crippen LogP contribution >= 0.6 is 0 Å². The van der Waals surface area contributed by atoms with E-state index in [2.05, 4.69) is 32.6 Å². The Bertz CT molecular complexity index is 160. The van der Waals surface area contributed by atoms with E-state index in [1.165, 1.54) is 13.0 Å². The number of nitrogens with zero attached hydrogens (tertiary/aromatic N) is 1. The molecule has 0 aromatic rings. The van der Waals surface area contributed by atoms with Gasteiger partial charge in [-0.3, -0.25) is 4.90 Å². The van der Waals surface area contributed by atoms with Crippen LogP contribution in [0.3, 0.4) is 0 Å². The fourth-order valence-electron chi connectivity index (χ4n) is 2.53. The van der Waals surface area contributed by atoms with Gasteiger partial charge in [0.1, 0.15) is 0 Å². The van der Waals surface area contributed by atoms with Gasteiger partial charge in [0.15, 0.2) is 0 Å². The molecule has 0 aliphatic carbocycles. The number of rotatable bonds is 4. The predicted molar refractivity (Wildman–Crippen MR) is 60.5 cm³/mol. The third-order valence-corrected chi connectivity index (χ3v) is 2.72. The van der Waals surface area contributed by atoms with Crippen molar-refractivity contribution >= 4 is 0 Å². The maximum Gasteiger partial charge on any atom is 0.0594 e. The molecule has 0 aromatic carbocycles. The van der Waals surface area contributed by atoms with Crippen molar-refractivity contribution in [2.45, 2.75) is 34.1 Å². The van der Waals surface area contributed by atoms with Crippen molar-refractivity contribution in [2.75, 3.05) is 32.8 Å². The highest BCUT2D eigenvalue weighted by atomic mass is 16.5. The Morgan fingerprint density at radius 2 is 1.79 bits per heavy atom. The zero-order valence-electron chi connectivity index (χ0n) is 10.2. The maximum atomic E-state index is 5.35. The molecular weight excluding hydrogens is 174 g/mol. The summed E-state index contributed by atoms with van der Waals surface area (Å²) in [6, 6.07) is 0. The quantitative estimate of drug-likeness (QED) is 0.689. The van der Waals surface area contributed by atoms with E-state index in [0.29, 0.717) is 5.41 Å². The molecule has 0 radical (unpaired) electrons. The molecule has 0 unspecified atom stereocenters. The van der Waals surface area contributed by atoms with Gasteiger partial charge >= 0.3 is 0 Å². The van der Waals surface area contributed by atoms with Gasteiger partial charge in [-0.05, 0) is 17.8 Å². The topological polar surface area (TPSA) is 12.5 Å². The van der Waals surface area contributed by atoms with Crippen LogP contribution in [-0.4, -0.2) is 37.7 Å². The molecule has 14 heavy (non-hydrogen) atoms. The van der Waals surface area contributed by atoms with E-state index in [0.717, 1.165) is 32.2 Å². The van der Waals surface area contributed by atoms with Gasteiger partial charge in [-0.1, -0.05) is 27.7 Å². The van der Waals surface area contributed by atoms with E-state index in [9.17, 15) is 0 Å². The van der Waals surface area contributed by atoms with Crippen LogP contribution in [0, 0.1) is 11.3 Å². The fraction of sp³-hybridized carbons (Fsp3) is 1.00. The summed E-state index contributed by atoms with van der Waals surface area (Å²) in [6.07, 6.45) is 1.31. The molecule has 0 saturated carbocycles. The summed E-state index contributed by atoms with van der Waals surface area (Å²) in [5.41, 5.74) is 0.450. The first-order valence-electron chi connectivity index (χ1n) is 5.80. The molecule has 1 fully saturated rings. The van der Waals surface area contributed by atoms with Crippen LogP contribution < -0.4 is 0 Å². The molecule has 0 amide bonds. The van der Waals surface area contributed by atoms with Crippen LogP contribution in [0.4, 0.5) is 0 Å². The molecule has 0 aromatic heterocycles. The molecule has 2 nitrogen and oxygen atoms in total. The number of hydrogen-bond acceptors (Lipinski definition) is 2. The SMILES string of the molecule is CC(C)CC(C)(C)CN1CCOCC1. The van der Waals surface area contributed by atoms with Gasteiger partial charge in [0, 0.05) is 19.6 Å². The monoisotopic (exact) mass is 199 g/mol. The lowest BCUT2D eigenvalue weighted by Crippen LogP contribution is -2.42. The van der Waals surface area contributed by atoms with E-state index in [1.807, 2.05) is 0 Å². The van der Waals surface area contributed by atoms with Gasteiger partial charge in [-0.15, -0.1) is 0 Å². The van der Waals surface area contributed by atoms with Gasteiger partial charge in [0.05, 0.1) is 13.2 Å². The van der Waals surface area contributed by atoms with Crippen molar-refractivity contribution in [3.8, 4) is 0 Å². The number of ether oxygens (including phenoxy) is 1. The summed E-state index contributed by atoms with van der Waals surface area (Å²) >= 11 is 0. The normalized spacial score (nSPS) is 20.4. The van der Waals surface area contributed by atoms with Crippen LogP contribution in [0.5, 0.6) is 0 Å². The Balaban J connectivity index is 2.32. The Morgan fingerprint density at radius 3 is 2.29 bits per heavy atom. The first-order chi connectivity index (χ1) is 6.49. The van der Waals surface area contributed by atoms with Crippen molar-refractivity contribution in [1.82, 2.24) is 4.90 Å². The number of morpholine rings is 1. The standard InChI is InChI=1S/C12H25NO/c1-11(2)9-12(3,4)10-13-5-7-14-8-6-13/h11H,5-10H2,1-4H3. The van der Waals surface area contributed by atoms with Crippen molar-refractivity contribution in [3.05, 3.63) is 0 Å². The minimum Gasteiger partial charge on any atom is -0.379 e. The highest BCUT2D eigenvalue weighted by Gasteiger charge is 2.23. The highest BCUT2D eigenvalue weighted by Crippen LogP contribution is 2.26. The first-order valence-corrected chi connectivity index (χ1v) is 5.80. The molecule has 0 spiro atoms. The molecule has 0 atom stereocenters. The van der Waals surface area contributed by atoms with Crippen molar-refractivity contribution in [3.63, 3.8) is 0 Å². The highest BCUT2D eigenvalue weighted by molar-refractivity contribution is 4.76. The Labute approximate surface area is 88.6 Å². The third kappa shape index (κ3) is 4.43. The van der Waals surface area contributed by atoms with Crippen LogP contribution in [-0.2, 0) is 4.74 Å². The van der Waals surface area contributed by atoms with Crippen LogP contribution in [0.2, 0.25) is 0 Å². The lowest BCUT2D eigenvalue weighted by atomic mass is 9.83. The molecule has 0 N–H and O–H groups in total. The lowest BCUT2D eigenvalue weighted by molar-refractivity contribution is 0.0182. The molecule has 1 rings (SSSR count). The fourth-order valence-corrected chi connectivity index (χ4v) is 2.53. The average Bonchev–Trinajstić information content (AvgIpc) is 2.02. The van der Waals surface area contributed by atoms with Crippen molar-refractivity contribution < 1.29 is 4.74 Å². The minimum atomic E-state index is 0.450. The molecule has 84 valence electrons. The average molecular weight is 199 g/mol. The molecule has 1 aliphatic rings. The Morgan fingerprint density at radius 1 is 1.21 bits per heavy atom. The second kappa shape index (κ2) is 5.13. The van der Waals surface area contributed by atoms with E-state index in [4.69, 9.17) is 4.74 Å². The molecular formula is C12H25NO. The molecule has 1 heterocycles. The number of hydrogen-bond donors (Lipinski definition) is 0. The van der Waals surface area contributed by atoms with Gasteiger partial charge in [0.2, 0.25) is 0 Å². The smallest absolute Gasteiger partial charge is 0.0594 e. The second-order valence-corrected chi connectivity index (χ2v) is 5.65. The van der Waals surface area contributed by atoms with Crippen LogP contribution in [0.15, 0.2) is 0 Å². The van der Waals surface area contributed by atoms with E-state index >= 15 is 0 Å². The zero-order valence-corrected chi connectivity index (χ0v) is 10.2. The predicted octanol–water partition coefficient (Wildman–Crippen LogP) is 2.39. The van der Waals surface area contributed by atoms with Gasteiger partial charge in [-0.25, -0.2) is 0 Å². The molecule has 0 bridgehead atoms. The van der Waals surface area contributed by atoms with Crippen molar-refractivity contribution in [2.24, 2.45) is 11.3 Å².